The van der Waals surface area contributed by atoms with Gasteiger partial charge in [0.05, 0.1) is 0 Å². The predicted octanol–water partition coefficient (Wildman–Crippen LogP) is 0.956. The molecule has 8 heteroatoms. The molecule has 1 heterocycles. The molecule has 0 saturated heterocycles. The molecule has 5 nitrogen and oxygen atoms in total. The molecule has 1 saturated carbocycles. The van der Waals surface area contributed by atoms with Gasteiger partial charge in [0, 0.05) is 31.5 Å². The lowest BCUT2D eigenvalue weighted by atomic mass is 10.5. The molecule has 1 aliphatic rings. The van der Waals surface area contributed by atoms with Crippen molar-refractivity contribution in [2.75, 3.05) is 13.1 Å². The Morgan fingerprint density at radius 3 is 2.56 bits per heavy atom. The molecule has 1 aromatic heterocycles. The molecular weight excluding hydrogens is 297 g/mol. The zero-order chi connectivity index (χ0) is 11.4. The van der Waals surface area contributed by atoms with Crippen molar-refractivity contribution < 1.29 is 8.42 Å². The standard InChI is InChI=1S/C10H15N3O2S.2ClH/c14-16(15,10-2-1-5-11-8-10)13-7-6-12-9-3-4-9;;/h1-2,5,8-9,12-13H,3-4,6-7H2;2*1H. The first-order valence-corrected chi connectivity index (χ1v) is 6.80. The van der Waals surface area contributed by atoms with Crippen molar-refractivity contribution in [2.45, 2.75) is 23.8 Å². The van der Waals surface area contributed by atoms with E-state index in [1.165, 1.54) is 25.1 Å². The van der Waals surface area contributed by atoms with Crippen LogP contribution in [0.15, 0.2) is 29.4 Å². The van der Waals surface area contributed by atoms with Gasteiger partial charge in [-0.05, 0) is 25.0 Å². The molecule has 0 amide bonds. The van der Waals surface area contributed by atoms with Crippen LogP contribution < -0.4 is 10.0 Å². The highest BCUT2D eigenvalue weighted by molar-refractivity contribution is 7.89. The van der Waals surface area contributed by atoms with Crippen LogP contribution in [0.25, 0.3) is 0 Å². The largest absolute Gasteiger partial charge is 0.313 e. The Bertz CT molecular complexity index is 438. The van der Waals surface area contributed by atoms with Crippen molar-refractivity contribution in [1.29, 1.82) is 0 Å². The molecule has 0 spiro atoms. The van der Waals surface area contributed by atoms with E-state index in [-0.39, 0.29) is 29.7 Å². The summed E-state index contributed by atoms with van der Waals surface area (Å²) < 4.78 is 26.0. The molecule has 0 bridgehead atoms. The number of nitrogens with one attached hydrogen (secondary N) is 2. The molecular formula is C10H17Cl2N3O2S. The van der Waals surface area contributed by atoms with E-state index >= 15 is 0 Å². The van der Waals surface area contributed by atoms with E-state index in [2.05, 4.69) is 15.0 Å². The minimum absolute atomic E-state index is 0. The van der Waals surface area contributed by atoms with Crippen LogP contribution in [0.5, 0.6) is 0 Å². The monoisotopic (exact) mass is 313 g/mol. The van der Waals surface area contributed by atoms with Crippen molar-refractivity contribution in [3.63, 3.8) is 0 Å². The molecule has 0 aromatic carbocycles. The Hall–Kier alpha value is -0.400. The van der Waals surface area contributed by atoms with Gasteiger partial charge < -0.3 is 5.32 Å². The Labute approximate surface area is 120 Å². The SMILES string of the molecule is Cl.Cl.O=S(=O)(NCCNC1CC1)c1cccnc1. The third-order valence-electron chi connectivity index (χ3n) is 2.37. The van der Waals surface area contributed by atoms with Crippen LogP contribution >= 0.6 is 24.8 Å². The smallest absolute Gasteiger partial charge is 0.242 e. The number of hydrogen-bond donors (Lipinski definition) is 2. The van der Waals surface area contributed by atoms with Gasteiger partial charge in [-0.1, -0.05) is 0 Å². The van der Waals surface area contributed by atoms with Gasteiger partial charge in [-0.25, -0.2) is 13.1 Å². The van der Waals surface area contributed by atoms with E-state index in [0.717, 1.165) is 0 Å². The van der Waals surface area contributed by atoms with E-state index in [1.807, 2.05) is 0 Å². The summed E-state index contributed by atoms with van der Waals surface area (Å²) in [6.07, 6.45) is 5.30. The van der Waals surface area contributed by atoms with Gasteiger partial charge in [-0.15, -0.1) is 24.8 Å². The molecule has 1 fully saturated rings. The number of pyridine rings is 1. The van der Waals surface area contributed by atoms with Crippen LogP contribution in [0, 0.1) is 0 Å². The van der Waals surface area contributed by atoms with Crippen molar-refractivity contribution >= 4 is 34.8 Å². The van der Waals surface area contributed by atoms with Crippen LogP contribution in [0.2, 0.25) is 0 Å². The van der Waals surface area contributed by atoms with Crippen molar-refractivity contribution in [3.8, 4) is 0 Å². The maximum absolute atomic E-state index is 11.7. The summed E-state index contributed by atoms with van der Waals surface area (Å²) >= 11 is 0. The molecule has 0 aliphatic heterocycles. The number of sulfonamides is 1. The number of nitrogens with zero attached hydrogens (tertiary/aromatic N) is 1. The Morgan fingerprint density at radius 1 is 1.28 bits per heavy atom. The number of hydrogen-bond acceptors (Lipinski definition) is 4. The Morgan fingerprint density at radius 2 is 2.00 bits per heavy atom. The fraction of sp³-hybridized carbons (Fsp3) is 0.500. The van der Waals surface area contributed by atoms with E-state index in [0.29, 0.717) is 19.1 Å². The number of aromatic nitrogens is 1. The summed E-state index contributed by atoms with van der Waals surface area (Å²) in [4.78, 5) is 3.99. The second kappa shape index (κ2) is 7.91. The zero-order valence-electron chi connectivity index (χ0n) is 9.70. The lowest BCUT2D eigenvalue weighted by molar-refractivity contribution is 0.575. The summed E-state index contributed by atoms with van der Waals surface area (Å²) in [6.45, 7) is 1.08. The first-order chi connectivity index (χ1) is 7.68. The number of rotatable bonds is 6. The average molecular weight is 314 g/mol. The lowest BCUT2D eigenvalue weighted by Crippen LogP contribution is -2.32. The summed E-state index contributed by atoms with van der Waals surface area (Å²) in [5.74, 6) is 0. The van der Waals surface area contributed by atoms with Crippen molar-refractivity contribution in [3.05, 3.63) is 24.5 Å². The number of halogens is 2. The quantitative estimate of drug-likeness (QED) is 0.767. The van der Waals surface area contributed by atoms with Gasteiger partial charge in [0.1, 0.15) is 4.90 Å². The normalized spacial score (nSPS) is 14.4. The fourth-order valence-corrected chi connectivity index (χ4v) is 2.33. The van der Waals surface area contributed by atoms with Gasteiger partial charge in [0.25, 0.3) is 0 Å². The van der Waals surface area contributed by atoms with Gasteiger partial charge in [0.2, 0.25) is 10.0 Å². The van der Waals surface area contributed by atoms with Gasteiger partial charge in [-0.3, -0.25) is 4.98 Å². The summed E-state index contributed by atoms with van der Waals surface area (Å²) in [5, 5.41) is 3.24. The molecule has 0 atom stereocenters. The van der Waals surface area contributed by atoms with E-state index < -0.39 is 10.0 Å². The van der Waals surface area contributed by atoms with Crippen LogP contribution in [-0.4, -0.2) is 32.5 Å². The first-order valence-electron chi connectivity index (χ1n) is 5.31. The predicted molar refractivity (Wildman–Crippen MR) is 74.9 cm³/mol. The topological polar surface area (TPSA) is 71.1 Å². The van der Waals surface area contributed by atoms with Crippen molar-refractivity contribution in [2.24, 2.45) is 0 Å². The minimum atomic E-state index is -3.39. The van der Waals surface area contributed by atoms with Gasteiger partial charge in [0.15, 0.2) is 0 Å². The molecule has 1 aliphatic carbocycles. The zero-order valence-corrected chi connectivity index (χ0v) is 12.2. The van der Waals surface area contributed by atoms with Crippen LogP contribution in [0.3, 0.4) is 0 Å². The summed E-state index contributed by atoms with van der Waals surface area (Å²) in [6, 6.07) is 3.74. The highest BCUT2D eigenvalue weighted by Crippen LogP contribution is 2.17. The highest BCUT2D eigenvalue weighted by Gasteiger charge is 2.20. The molecule has 0 radical (unpaired) electrons. The van der Waals surface area contributed by atoms with Crippen LogP contribution in [-0.2, 0) is 10.0 Å². The molecule has 104 valence electrons. The van der Waals surface area contributed by atoms with Gasteiger partial charge >= 0.3 is 0 Å². The lowest BCUT2D eigenvalue weighted by Gasteiger charge is -2.06. The van der Waals surface area contributed by atoms with Crippen LogP contribution in [0.4, 0.5) is 0 Å². The van der Waals surface area contributed by atoms with E-state index in [4.69, 9.17) is 0 Å². The second-order valence-corrected chi connectivity index (χ2v) is 5.58. The molecule has 2 N–H and O–H groups in total. The maximum Gasteiger partial charge on any atom is 0.242 e. The minimum Gasteiger partial charge on any atom is -0.313 e. The fourth-order valence-electron chi connectivity index (χ4n) is 1.34. The summed E-state index contributed by atoms with van der Waals surface area (Å²) in [7, 11) is -3.39. The third-order valence-corrected chi connectivity index (χ3v) is 3.82. The Kier molecular flexibility index (Phi) is 7.73. The van der Waals surface area contributed by atoms with E-state index in [1.54, 1.807) is 12.3 Å². The molecule has 0 unspecified atom stereocenters. The molecule has 18 heavy (non-hydrogen) atoms. The average Bonchev–Trinajstić information content (AvgIpc) is 3.10. The van der Waals surface area contributed by atoms with Crippen LogP contribution in [0.1, 0.15) is 12.8 Å². The second-order valence-electron chi connectivity index (χ2n) is 3.81. The maximum atomic E-state index is 11.7. The Balaban J connectivity index is 0.00000144. The summed E-state index contributed by atoms with van der Waals surface area (Å²) in [5.41, 5.74) is 0. The van der Waals surface area contributed by atoms with Gasteiger partial charge in [-0.2, -0.15) is 0 Å². The van der Waals surface area contributed by atoms with E-state index in [9.17, 15) is 8.42 Å². The van der Waals surface area contributed by atoms with Crippen molar-refractivity contribution in [1.82, 2.24) is 15.0 Å². The third kappa shape index (κ3) is 5.49. The first kappa shape index (κ1) is 17.6. The molecule has 2 rings (SSSR count). The highest BCUT2D eigenvalue weighted by atomic mass is 35.5. The molecule has 1 aromatic rings.